The Kier molecular flexibility index (Phi) is 1.80. The summed E-state index contributed by atoms with van der Waals surface area (Å²) in [6.07, 6.45) is 3.10. The molecular weight excluding hydrogens is 244 g/mol. The van der Waals surface area contributed by atoms with Crippen molar-refractivity contribution in [3.8, 4) is 11.5 Å². The Morgan fingerprint density at radius 1 is 1.07 bits per heavy atom. The first-order chi connectivity index (χ1) is 6.83. The quantitative estimate of drug-likeness (QED) is 0.707. The van der Waals surface area contributed by atoms with E-state index in [2.05, 4.69) is 34.1 Å². The first-order valence-corrected chi connectivity index (χ1v) is 5.41. The maximum atomic E-state index is 5.52. The number of allylic oxidation sites excluding steroid dienone is 1. The van der Waals surface area contributed by atoms with E-state index in [0.29, 0.717) is 13.2 Å². The lowest BCUT2D eigenvalue weighted by Gasteiger charge is -2.19. The summed E-state index contributed by atoms with van der Waals surface area (Å²) >= 11 is 3.51. The lowest BCUT2D eigenvalue weighted by molar-refractivity contribution is 0.171. The Hall–Kier alpha value is -0.960. The number of ether oxygens (including phenoxy) is 2. The number of hydrogen-bond donors (Lipinski definition) is 0. The third-order valence-electron chi connectivity index (χ3n) is 2.48. The van der Waals surface area contributed by atoms with Crippen LogP contribution >= 0.6 is 15.9 Å². The molecule has 0 radical (unpaired) electrons. The van der Waals surface area contributed by atoms with Crippen molar-refractivity contribution in [2.24, 2.45) is 0 Å². The van der Waals surface area contributed by atoms with Crippen molar-refractivity contribution < 1.29 is 9.47 Å². The summed E-state index contributed by atoms with van der Waals surface area (Å²) in [4.78, 5) is 0. The van der Waals surface area contributed by atoms with Crippen molar-refractivity contribution in [1.82, 2.24) is 0 Å². The van der Waals surface area contributed by atoms with E-state index in [0.717, 1.165) is 17.9 Å². The average molecular weight is 253 g/mol. The van der Waals surface area contributed by atoms with Crippen LogP contribution in [-0.2, 0) is 6.42 Å². The van der Waals surface area contributed by atoms with Crippen molar-refractivity contribution in [3.63, 3.8) is 0 Å². The highest BCUT2D eigenvalue weighted by Gasteiger charge is 2.18. The van der Waals surface area contributed by atoms with Crippen molar-refractivity contribution in [2.75, 3.05) is 13.2 Å². The monoisotopic (exact) mass is 252 g/mol. The van der Waals surface area contributed by atoms with Crippen LogP contribution in [0.3, 0.4) is 0 Å². The van der Waals surface area contributed by atoms with E-state index < -0.39 is 0 Å². The Morgan fingerprint density at radius 3 is 2.57 bits per heavy atom. The molecule has 1 heterocycles. The van der Waals surface area contributed by atoms with Gasteiger partial charge in [0, 0.05) is 10.9 Å². The second-order valence-corrected chi connectivity index (χ2v) is 4.48. The molecule has 1 aromatic rings. The molecule has 2 nitrogen and oxygen atoms in total. The second-order valence-electron chi connectivity index (χ2n) is 3.46. The minimum Gasteiger partial charge on any atom is -0.486 e. The summed E-state index contributed by atoms with van der Waals surface area (Å²) in [6, 6.07) is 4.13. The average Bonchev–Trinajstić information content (AvgIpc) is 2.53. The topological polar surface area (TPSA) is 18.5 Å². The molecule has 0 spiro atoms. The SMILES string of the molecule is BrC1=Cc2cc3c(cc2C1)OCCO3. The van der Waals surface area contributed by atoms with E-state index in [9.17, 15) is 0 Å². The summed E-state index contributed by atoms with van der Waals surface area (Å²) in [5.74, 6) is 1.75. The number of rotatable bonds is 0. The second kappa shape index (κ2) is 3.02. The zero-order valence-electron chi connectivity index (χ0n) is 7.55. The molecule has 14 heavy (non-hydrogen) atoms. The lowest BCUT2D eigenvalue weighted by atomic mass is 10.1. The zero-order chi connectivity index (χ0) is 9.54. The Morgan fingerprint density at radius 2 is 1.79 bits per heavy atom. The molecule has 0 fully saturated rings. The molecule has 1 aliphatic heterocycles. The van der Waals surface area contributed by atoms with Gasteiger partial charge in [0.2, 0.25) is 0 Å². The largest absolute Gasteiger partial charge is 0.486 e. The Bertz CT molecular complexity index is 424. The molecule has 72 valence electrons. The van der Waals surface area contributed by atoms with Crippen LogP contribution in [0.4, 0.5) is 0 Å². The Labute approximate surface area is 90.6 Å². The van der Waals surface area contributed by atoms with E-state index in [1.54, 1.807) is 0 Å². The summed E-state index contributed by atoms with van der Waals surface area (Å²) in [7, 11) is 0. The summed E-state index contributed by atoms with van der Waals surface area (Å²) < 4.78 is 12.3. The molecule has 0 saturated carbocycles. The van der Waals surface area contributed by atoms with Crippen LogP contribution in [0.1, 0.15) is 11.1 Å². The molecule has 3 rings (SSSR count). The number of benzene rings is 1. The standard InChI is InChI=1S/C11H9BrO2/c12-9-3-7-5-10-11(6-8(7)4-9)14-2-1-13-10/h3,5-6H,1-2,4H2. The highest BCUT2D eigenvalue weighted by Crippen LogP contribution is 2.38. The van der Waals surface area contributed by atoms with Crippen LogP contribution in [0.5, 0.6) is 11.5 Å². The molecule has 0 unspecified atom stereocenters. The van der Waals surface area contributed by atoms with Gasteiger partial charge in [-0.15, -0.1) is 0 Å². The molecule has 0 N–H and O–H groups in total. The van der Waals surface area contributed by atoms with Crippen molar-refractivity contribution >= 4 is 22.0 Å². The molecule has 0 bridgehead atoms. The van der Waals surface area contributed by atoms with Gasteiger partial charge in [0.05, 0.1) is 0 Å². The van der Waals surface area contributed by atoms with Crippen LogP contribution in [0, 0.1) is 0 Å². The normalized spacial score (nSPS) is 17.6. The highest BCUT2D eigenvalue weighted by atomic mass is 79.9. The fraction of sp³-hybridized carbons (Fsp3) is 0.273. The van der Waals surface area contributed by atoms with Gasteiger partial charge >= 0.3 is 0 Å². The Balaban J connectivity index is 2.11. The van der Waals surface area contributed by atoms with Gasteiger partial charge in [0.25, 0.3) is 0 Å². The fourth-order valence-corrected chi connectivity index (χ4v) is 2.38. The number of halogens is 1. The number of hydrogen-bond acceptors (Lipinski definition) is 2. The van der Waals surface area contributed by atoms with Gasteiger partial charge in [0.15, 0.2) is 11.5 Å². The highest BCUT2D eigenvalue weighted by molar-refractivity contribution is 9.11. The molecule has 1 aromatic carbocycles. The van der Waals surface area contributed by atoms with Crippen LogP contribution in [-0.4, -0.2) is 13.2 Å². The van der Waals surface area contributed by atoms with Gasteiger partial charge in [0.1, 0.15) is 13.2 Å². The van der Waals surface area contributed by atoms with E-state index >= 15 is 0 Å². The van der Waals surface area contributed by atoms with Gasteiger partial charge in [-0.05, 0) is 29.3 Å². The van der Waals surface area contributed by atoms with Gasteiger partial charge < -0.3 is 9.47 Å². The van der Waals surface area contributed by atoms with E-state index in [-0.39, 0.29) is 0 Å². The maximum Gasteiger partial charge on any atom is 0.161 e. The number of fused-ring (bicyclic) bond motifs is 2. The first-order valence-electron chi connectivity index (χ1n) is 4.61. The minimum atomic E-state index is 0.649. The molecule has 0 aromatic heterocycles. The molecule has 0 saturated heterocycles. The smallest absolute Gasteiger partial charge is 0.161 e. The van der Waals surface area contributed by atoms with Crippen LogP contribution in [0.15, 0.2) is 16.6 Å². The molecular formula is C11H9BrO2. The predicted molar refractivity (Wildman–Crippen MR) is 58.0 cm³/mol. The zero-order valence-corrected chi connectivity index (χ0v) is 9.13. The van der Waals surface area contributed by atoms with Crippen molar-refractivity contribution in [1.29, 1.82) is 0 Å². The van der Waals surface area contributed by atoms with Gasteiger partial charge in [-0.3, -0.25) is 0 Å². The van der Waals surface area contributed by atoms with E-state index in [4.69, 9.17) is 9.47 Å². The van der Waals surface area contributed by atoms with Crippen molar-refractivity contribution in [3.05, 3.63) is 27.7 Å². The maximum absolute atomic E-state index is 5.52. The molecule has 1 aliphatic carbocycles. The summed E-state index contributed by atoms with van der Waals surface area (Å²) in [5, 5.41) is 0. The van der Waals surface area contributed by atoms with Crippen LogP contribution in [0.2, 0.25) is 0 Å². The van der Waals surface area contributed by atoms with Gasteiger partial charge in [-0.2, -0.15) is 0 Å². The third-order valence-corrected chi connectivity index (χ3v) is 2.98. The van der Waals surface area contributed by atoms with E-state index in [1.165, 1.54) is 15.6 Å². The van der Waals surface area contributed by atoms with Crippen LogP contribution in [0.25, 0.3) is 6.08 Å². The van der Waals surface area contributed by atoms with Gasteiger partial charge in [-0.1, -0.05) is 15.9 Å². The molecule has 0 amide bonds. The minimum absolute atomic E-state index is 0.649. The molecule has 3 heteroatoms. The third kappa shape index (κ3) is 1.23. The van der Waals surface area contributed by atoms with Gasteiger partial charge in [-0.25, -0.2) is 0 Å². The fourth-order valence-electron chi connectivity index (χ4n) is 1.84. The van der Waals surface area contributed by atoms with Crippen molar-refractivity contribution in [2.45, 2.75) is 6.42 Å². The molecule has 2 aliphatic rings. The lowest BCUT2D eigenvalue weighted by Crippen LogP contribution is -2.15. The summed E-state index contributed by atoms with van der Waals surface area (Å²) in [5.41, 5.74) is 2.54. The predicted octanol–water partition coefficient (Wildman–Crippen LogP) is 2.75. The molecule has 0 atom stereocenters. The van der Waals surface area contributed by atoms with E-state index in [1.807, 2.05) is 0 Å². The van der Waals surface area contributed by atoms with Crippen LogP contribution < -0.4 is 9.47 Å². The first kappa shape index (κ1) is 8.36. The summed E-state index contributed by atoms with van der Waals surface area (Å²) in [6.45, 7) is 1.30.